The summed E-state index contributed by atoms with van der Waals surface area (Å²) in [5, 5.41) is 9.98. The summed E-state index contributed by atoms with van der Waals surface area (Å²) >= 11 is 3.23. The van der Waals surface area contributed by atoms with E-state index in [0.29, 0.717) is 6.42 Å². The first-order valence-corrected chi connectivity index (χ1v) is 8.78. The number of carbonyl (C=O) groups is 1. The highest BCUT2D eigenvalue weighted by atomic mass is 32.1. The van der Waals surface area contributed by atoms with E-state index in [1.807, 2.05) is 42.8 Å². The lowest BCUT2D eigenvalue weighted by Crippen LogP contribution is -2.15. The number of amides is 1. The molecule has 0 bridgehead atoms. The van der Waals surface area contributed by atoms with Gasteiger partial charge in [-0.2, -0.15) is 11.3 Å². The zero-order valence-electron chi connectivity index (χ0n) is 12.4. The molecule has 0 aliphatic rings. The van der Waals surface area contributed by atoms with Gasteiger partial charge in [-0.1, -0.05) is 17.7 Å². The van der Waals surface area contributed by atoms with Crippen molar-refractivity contribution < 1.29 is 4.79 Å². The molecule has 2 heterocycles. The molecule has 1 amide bonds. The summed E-state index contributed by atoms with van der Waals surface area (Å²) < 4.78 is 0. The highest BCUT2D eigenvalue weighted by molar-refractivity contribution is 7.14. The zero-order chi connectivity index (χ0) is 15.5. The Morgan fingerprint density at radius 3 is 2.82 bits per heavy atom. The number of thiophene rings is 1. The van der Waals surface area contributed by atoms with E-state index in [0.717, 1.165) is 27.5 Å². The maximum atomic E-state index is 12.2. The second-order valence-electron chi connectivity index (χ2n) is 5.20. The van der Waals surface area contributed by atoms with Crippen molar-refractivity contribution in [3.05, 3.63) is 57.2 Å². The summed E-state index contributed by atoms with van der Waals surface area (Å²) in [4.78, 5) is 16.7. The van der Waals surface area contributed by atoms with Crippen LogP contribution in [-0.4, -0.2) is 10.9 Å². The second kappa shape index (κ2) is 6.42. The number of hydrogen-bond acceptors (Lipinski definition) is 4. The fraction of sp³-hybridized carbons (Fsp3) is 0.176. The fourth-order valence-corrected chi connectivity index (χ4v) is 3.75. The molecule has 0 atom stereocenters. The molecule has 0 fully saturated rings. The van der Waals surface area contributed by atoms with Gasteiger partial charge in [0.2, 0.25) is 5.91 Å². The van der Waals surface area contributed by atoms with Gasteiger partial charge in [0.25, 0.3) is 0 Å². The standard InChI is InChI=1S/C17H16N2OS2/c1-11-3-4-15(12(2)7-11)19-16(20)8-14-10-22-17(18-14)13-5-6-21-9-13/h3-7,9-10H,8H2,1-2H3,(H,19,20). The summed E-state index contributed by atoms with van der Waals surface area (Å²) in [6.45, 7) is 4.04. The van der Waals surface area contributed by atoms with E-state index in [2.05, 4.69) is 21.7 Å². The maximum Gasteiger partial charge on any atom is 0.230 e. The van der Waals surface area contributed by atoms with Crippen LogP contribution in [-0.2, 0) is 11.2 Å². The van der Waals surface area contributed by atoms with Crippen molar-refractivity contribution >= 4 is 34.3 Å². The minimum absolute atomic E-state index is 0.0332. The Kier molecular flexibility index (Phi) is 4.36. The molecule has 112 valence electrons. The second-order valence-corrected chi connectivity index (χ2v) is 6.84. The van der Waals surface area contributed by atoms with Crippen molar-refractivity contribution in [1.29, 1.82) is 0 Å². The number of rotatable bonds is 4. The summed E-state index contributed by atoms with van der Waals surface area (Å²) in [5.41, 5.74) is 5.06. The third-order valence-electron chi connectivity index (χ3n) is 3.32. The highest BCUT2D eigenvalue weighted by Gasteiger charge is 2.10. The van der Waals surface area contributed by atoms with E-state index in [4.69, 9.17) is 0 Å². The predicted octanol–water partition coefficient (Wildman–Crippen LogP) is 4.67. The van der Waals surface area contributed by atoms with Gasteiger partial charge in [0.1, 0.15) is 5.01 Å². The van der Waals surface area contributed by atoms with Crippen molar-refractivity contribution in [3.63, 3.8) is 0 Å². The fourth-order valence-electron chi connectivity index (χ4n) is 2.22. The van der Waals surface area contributed by atoms with Crippen molar-refractivity contribution in [1.82, 2.24) is 4.98 Å². The number of carbonyl (C=O) groups excluding carboxylic acids is 1. The first-order valence-electron chi connectivity index (χ1n) is 6.96. The normalized spacial score (nSPS) is 10.6. The number of aryl methyl sites for hydroxylation is 2. The first kappa shape index (κ1) is 14.9. The maximum absolute atomic E-state index is 12.2. The minimum atomic E-state index is -0.0332. The number of nitrogens with one attached hydrogen (secondary N) is 1. The Morgan fingerprint density at radius 1 is 1.23 bits per heavy atom. The largest absolute Gasteiger partial charge is 0.326 e. The van der Waals surface area contributed by atoms with Gasteiger partial charge >= 0.3 is 0 Å². The van der Waals surface area contributed by atoms with Gasteiger partial charge < -0.3 is 5.32 Å². The Hall–Kier alpha value is -1.98. The SMILES string of the molecule is Cc1ccc(NC(=O)Cc2csc(-c3ccsc3)n2)c(C)c1. The summed E-state index contributed by atoms with van der Waals surface area (Å²) in [7, 11) is 0. The van der Waals surface area contributed by atoms with Crippen LogP contribution in [0.5, 0.6) is 0 Å². The molecule has 0 aliphatic heterocycles. The summed E-state index contributed by atoms with van der Waals surface area (Å²) in [5.74, 6) is -0.0332. The van der Waals surface area contributed by atoms with E-state index < -0.39 is 0 Å². The molecule has 3 aromatic rings. The molecule has 3 nitrogen and oxygen atoms in total. The van der Waals surface area contributed by atoms with E-state index >= 15 is 0 Å². The zero-order valence-corrected chi connectivity index (χ0v) is 14.1. The minimum Gasteiger partial charge on any atom is -0.326 e. The number of benzene rings is 1. The Balaban J connectivity index is 1.67. The van der Waals surface area contributed by atoms with Crippen LogP contribution in [0.2, 0.25) is 0 Å². The molecule has 0 saturated heterocycles. The van der Waals surface area contributed by atoms with Crippen LogP contribution in [0, 0.1) is 13.8 Å². The molecule has 0 radical (unpaired) electrons. The van der Waals surface area contributed by atoms with E-state index in [1.165, 1.54) is 5.56 Å². The molecule has 0 spiro atoms. The van der Waals surface area contributed by atoms with Crippen LogP contribution < -0.4 is 5.32 Å². The Labute approximate surface area is 137 Å². The van der Waals surface area contributed by atoms with Crippen molar-refractivity contribution in [3.8, 4) is 10.6 Å². The van der Waals surface area contributed by atoms with Gasteiger partial charge in [0.05, 0.1) is 12.1 Å². The van der Waals surface area contributed by atoms with Gasteiger partial charge in [-0.05, 0) is 36.9 Å². The molecule has 2 aromatic heterocycles. The van der Waals surface area contributed by atoms with Gasteiger partial charge in [0, 0.05) is 22.0 Å². The third kappa shape index (κ3) is 3.43. The summed E-state index contributed by atoms with van der Waals surface area (Å²) in [6.07, 6.45) is 0.300. The summed E-state index contributed by atoms with van der Waals surface area (Å²) in [6, 6.07) is 8.05. The molecule has 0 aliphatic carbocycles. The molecule has 22 heavy (non-hydrogen) atoms. The van der Waals surface area contributed by atoms with Crippen LogP contribution in [0.1, 0.15) is 16.8 Å². The number of thiazole rings is 1. The van der Waals surface area contributed by atoms with Crippen LogP contribution in [0.15, 0.2) is 40.4 Å². The van der Waals surface area contributed by atoms with Crippen molar-refractivity contribution in [2.24, 2.45) is 0 Å². The molecule has 0 saturated carbocycles. The molecule has 3 rings (SSSR count). The number of hydrogen-bond donors (Lipinski definition) is 1. The monoisotopic (exact) mass is 328 g/mol. The van der Waals surface area contributed by atoms with Crippen LogP contribution in [0.25, 0.3) is 10.6 Å². The van der Waals surface area contributed by atoms with Crippen LogP contribution in [0.3, 0.4) is 0 Å². The van der Waals surface area contributed by atoms with Crippen LogP contribution >= 0.6 is 22.7 Å². The molecule has 1 aromatic carbocycles. The highest BCUT2D eigenvalue weighted by Crippen LogP contribution is 2.26. The average Bonchev–Trinajstić information content (AvgIpc) is 3.12. The number of anilines is 1. The lowest BCUT2D eigenvalue weighted by molar-refractivity contribution is -0.115. The van der Waals surface area contributed by atoms with Gasteiger partial charge in [-0.3, -0.25) is 4.79 Å². The Morgan fingerprint density at radius 2 is 2.09 bits per heavy atom. The smallest absolute Gasteiger partial charge is 0.230 e. The third-order valence-corrected chi connectivity index (χ3v) is 4.94. The number of aromatic nitrogens is 1. The molecule has 1 N–H and O–H groups in total. The van der Waals surface area contributed by atoms with Crippen molar-refractivity contribution in [2.45, 2.75) is 20.3 Å². The quantitative estimate of drug-likeness (QED) is 0.756. The van der Waals surface area contributed by atoms with Crippen LogP contribution in [0.4, 0.5) is 5.69 Å². The molecular weight excluding hydrogens is 312 g/mol. The molecule has 0 unspecified atom stereocenters. The predicted molar refractivity (Wildman–Crippen MR) is 93.7 cm³/mol. The van der Waals surface area contributed by atoms with E-state index in [1.54, 1.807) is 22.7 Å². The van der Waals surface area contributed by atoms with E-state index in [9.17, 15) is 4.79 Å². The van der Waals surface area contributed by atoms with Crippen molar-refractivity contribution in [2.75, 3.05) is 5.32 Å². The molecule has 5 heteroatoms. The first-order chi connectivity index (χ1) is 10.6. The van der Waals surface area contributed by atoms with Gasteiger partial charge in [0.15, 0.2) is 0 Å². The Bertz CT molecular complexity index is 791. The lowest BCUT2D eigenvalue weighted by Gasteiger charge is -2.08. The lowest BCUT2D eigenvalue weighted by atomic mass is 10.1. The van der Waals surface area contributed by atoms with Gasteiger partial charge in [-0.25, -0.2) is 4.98 Å². The average molecular weight is 328 g/mol. The molecular formula is C17H16N2OS2. The topological polar surface area (TPSA) is 42.0 Å². The van der Waals surface area contributed by atoms with Gasteiger partial charge in [-0.15, -0.1) is 11.3 Å². The van der Waals surface area contributed by atoms with E-state index in [-0.39, 0.29) is 5.91 Å². The number of nitrogens with zero attached hydrogens (tertiary/aromatic N) is 1.